The number of nitrogens with one attached hydrogen (secondary N) is 1. The van der Waals surface area contributed by atoms with Crippen LogP contribution in [-0.2, 0) is 20.7 Å². The second-order valence-electron chi connectivity index (χ2n) is 4.85. The lowest BCUT2D eigenvalue weighted by molar-refractivity contribution is -0.117. The van der Waals surface area contributed by atoms with Crippen molar-refractivity contribution in [1.29, 1.82) is 0 Å². The molecular weight excluding hydrogens is 382 g/mol. The smallest absolute Gasteiger partial charge is 0.341 e. The van der Waals surface area contributed by atoms with E-state index >= 15 is 0 Å². The fraction of sp³-hybridized carbons (Fsp3) is 0.333. The molecule has 2 heterocycles. The Morgan fingerprint density at radius 1 is 1.40 bits per heavy atom. The zero-order valence-electron chi connectivity index (χ0n) is 13.7. The zero-order valence-corrected chi connectivity index (χ0v) is 16.1. The van der Waals surface area contributed by atoms with Gasteiger partial charge in [0.1, 0.15) is 5.00 Å². The van der Waals surface area contributed by atoms with Gasteiger partial charge < -0.3 is 15.8 Å². The molecule has 3 N–H and O–H groups in total. The minimum atomic E-state index is -0.460. The van der Waals surface area contributed by atoms with Gasteiger partial charge >= 0.3 is 5.97 Å². The van der Waals surface area contributed by atoms with Gasteiger partial charge in [-0.2, -0.15) is 0 Å². The van der Waals surface area contributed by atoms with Crippen molar-refractivity contribution in [2.45, 2.75) is 24.6 Å². The van der Waals surface area contributed by atoms with E-state index in [0.29, 0.717) is 14.9 Å². The first-order valence-electron chi connectivity index (χ1n) is 7.32. The number of esters is 1. The van der Waals surface area contributed by atoms with Crippen LogP contribution in [0.4, 0.5) is 5.00 Å². The van der Waals surface area contributed by atoms with E-state index < -0.39 is 11.9 Å². The lowest BCUT2D eigenvalue weighted by Gasteiger charge is -2.05. The van der Waals surface area contributed by atoms with Gasteiger partial charge in [-0.25, -0.2) is 9.78 Å². The summed E-state index contributed by atoms with van der Waals surface area (Å²) in [5.74, 6) is -0.978. The van der Waals surface area contributed by atoms with Crippen LogP contribution in [0.25, 0.3) is 0 Å². The summed E-state index contributed by atoms with van der Waals surface area (Å²) in [5.41, 5.74) is 6.28. The predicted octanol–water partition coefficient (Wildman–Crippen LogP) is 2.45. The van der Waals surface area contributed by atoms with E-state index in [1.165, 1.54) is 34.4 Å². The van der Waals surface area contributed by atoms with Gasteiger partial charge in [0.2, 0.25) is 11.8 Å². The zero-order chi connectivity index (χ0) is 18.4. The summed E-state index contributed by atoms with van der Waals surface area (Å²) in [6.07, 6.45) is 0.147. The van der Waals surface area contributed by atoms with E-state index in [0.717, 1.165) is 10.6 Å². The van der Waals surface area contributed by atoms with Gasteiger partial charge in [-0.15, -0.1) is 22.7 Å². The summed E-state index contributed by atoms with van der Waals surface area (Å²) in [5, 5.41) is 4.90. The first-order chi connectivity index (χ1) is 11.9. The molecule has 0 saturated carbocycles. The van der Waals surface area contributed by atoms with Crippen molar-refractivity contribution in [3.63, 3.8) is 0 Å². The van der Waals surface area contributed by atoms with Crippen molar-refractivity contribution in [1.82, 2.24) is 4.98 Å². The molecule has 0 bridgehead atoms. The largest absolute Gasteiger partial charge is 0.462 e. The van der Waals surface area contributed by atoms with Gasteiger partial charge in [-0.05, 0) is 25.3 Å². The van der Waals surface area contributed by atoms with Gasteiger partial charge in [-0.3, -0.25) is 9.59 Å². The van der Waals surface area contributed by atoms with Crippen LogP contribution < -0.4 is 11.1 Å². The number of thioether (sulfide) groups is 1. The summed E-state index contributed by atoms with van der Waals surface area (Å²) >= 11 is 3.88. The molecule has 25 heavy (non-hydrogen) atoms. The fourth-order valence-corrected chi connectivity index (χ4v) is 4.69. The van der Waals surface area contributed by atoms with Crippen LogP contribution in [0.3, 0.4) is 0 Å². The first kappa shape index (κ1) is 19.4. The molecule has 0 aliphatic rings. The molecule has 0 saturated heterocycles. The number of nitrogens with two attached hydrogens (primary N) is 1. The molecule has 2 rings (SSSR count). The second kappa shape index (κ2) is 8.97. The van der Waals surface area contributed by atoms with E-state index in [9.17, 15) is 14.4 Å². The Labute approximate surface area is 157 Å². The van der Waals surface area contributed by atoms with Crippen LogP contribution >= 0.6 is 34.4 Å². The van der Waals surface area contributed by atoms with Gasteiger partial charge in [0.25, 0.3) is 0 Å². The molecule has 0 unspecified atom stereocenters. The molecule has 2 aromatic rings. The number of thiazole rings is 1. The SMILES string of the molecule is CCOC(=O)c1ccsc1NC(=O)CSc1nc(C)c(CC(N)=O)s1. The van der Waals surface area contributed by atoms with Gasteiger partial charge in [0.05, 0.1) is 30.0 Å². The Balaban J connectivity index is 1.92. The van der Waals surface area contributed by atoms with Crippen LogP contribution in [0, 0.1) is 6.92 Å². The molecule has 2 amide bonds. The highest BCUT2D eigenvalue weighted by Crippen LogP contribution is 2.28. The predicted molar refractivity (Wildman–Crippen MR) is 99.4 cm³/mol. The average Bonchev–Trinajstić information content (AvgIpc) is 3.12. The average molecular weight is 400 g/mol. The Bertz CT molecular complexity index is 785. The topological polar surface area (TPSA) is 111 Å². The van der Waals surface area contributed by atoms with Crippen molar-refractivity contribution in [2.24, 2.45) is 5.73 Å². The Hall–Kier alpha value is -1.91. The Kier molecular flexibility index (Phi) is 6.97. The molecule has 2 aromatic heterocycles. The number of carbonyl (C=O) groups is 3. The highest BCUT2D eigenvalue weighted by atomic mass is 32.2. The molecule has 0 radical (unpaired) electrons. The molecule has 0 fully saturated rings. The molecular formula is C15H17N3O4S3. The Morgan fingerprint density at radius 3 is 2.84 bits per heavy atom. The highest BCUT2D eigenvalue weighted by Gasteiger charge is 2.17. The third-order valence-corrected chi connectivity index (χ3v) is 6.08. The number of ether oxygens (including phenoxy) is 1. The molecule has 0 aromatic carbocycles. The summed E-state index contributed by atoms with van der Waals surface area (Å²) in [7, 11) is 0. The number of thiophene rings is 1. The summed E-state index contributed by atoms with van der Waals surface area (Å²) < 4.78 is 5.65. The summed E-state index contributed by atoms with van der Waals surface area (Å²) in [6.45, 7) is 3.80. The number of hydrogen-bond acceptors (Lipinski definition) is 8. The molecule has 0 aliphatic carbocycles. The third kappa shape index (κ3) is 5.55. The van der Waals surface area contributed by atoms with Crippen molar-refractivity contribution in [3.05, 3.63) is 27.6 Å². The standard InChI is InChI=1S/C15H17N3O4S3/c1-3-22-14(21)9-4-5-23-13(9)18-12(20)7-24-15-17-8(2)10(25-15)6-11(16)19/h4-5H,3,6-7H2,1-2H3,(H2,16,19)(H,18,20). The number of primary amides is 1. The summed E-state index contributed by atoms with van der Waals surface area (Å²) in [4.78, 5) is 40.0. The molecule has 0 spiro atoms. The molecule has 7 nitrogen and oxygen atoms in total. The summed E-state index contributed by atoms with van der Waals surface area (Å²) in [6, 6.07) is 1.62. The third-order valence-electron chi connectivity index (χ3n) is 2.95. The monoisotopic (exact) mass is 399 g/mol. The quantitative estimate of drug-likeness (QED) is 0.521. The van der Waals surface area contributed by atoms with Crippen molar-refractivity contribution < 1.29 is 19.1 Å². The van der Waals surface area contributed by atoms with E-state index in [1.54, 1.807) is 25.3 Å². The van der Waals surface area contributed by atoms with Crippen LogP contribution in [0.15, 0.2) is 15.8 Å². The Morgan fingerprint density at radius 2 is 2.16 bits per heavy atom. The maximum Gasteiger partial charge on any atom is 0.341 e. The molecule has 0 atom stereocenters. The maximum atomic E-state index is 12.1. The fourth-order valence-electron chi connectivity index (χ4n) is 1.85. The second-order valence-corrected chi connectivity index (χ2v) is 8.07. The minimum absolute atomic E-state index is 0.142. The highest BCUT2D eigenvalue weighted by molar-refractivity contribution is 8.01. The number of hydrogen-bond donors (Lipinski definition) is 2. The van der Waals surface area contributed by atoms with Crippen LogP contribution in [-0.4, -0.2) is 35.1 Å². The number of nitrogens with zero attached hydrogens (tertiary/aromatic N) is 1. The van der Waals surface area contributed by atoms with Gasteiger partial charge in [0.15, 0.2) is 4.34 Å². The lowest BCUT2D eigenvalue weighted by atomic mass is 10.3. The number of rotatable bonds is 8. The van der Waals surface area contributed by atoms with Crippen LogP contribution in [0.1, 0.15) is 27.9 Å². The molecule has 0 aliphatic heterocycles. The number of anilines is 1. The number of aryl methyl sites for hydroxylation is 1. The minimum Gasteiger partial charge on any atom is -0.462 e. The van der Waals surface area contributed by atoms with E-state index in [1.807, 2.05) is 0 Å². The first-order valence-corrected chi connectivity index (χ1v) is 10.0. The van der Waals surface area contributed by atoms with Crippen molar-refractivity contribution in [2.75, 3.05) is 17.7 Å². The number of aromatic nitrogens is 1. The van der Waals surface area contributed by atoms with Gasteiger partial charge in [-0.1, -0.05) is 11.8 Å². The van der Waals surface area contributed by atoms with Gasteiger partial charge in [0, 0.05) is 4.88 Å². The van der Waals surface area contributed by atoms with Crippen molar-refractivity contribution in [3.8, 4) is 0 Å². The molecule has 10 heteroatoms. The van der Waals surface area contributed by atoms with E-state index in [2.05, 4.69) is 10.3 Å². The number of carbonyl (C=O) groups excluding carboxylic acids is 3. The van der Waals surface area contributed by atoms with Crippen molar-refractivity contribution >= 4 is 57.2 Å². The lowest BCUT2D eigenvalue weighted by Crippen LogP contribution is -2.15. The van der Waals surface area contributed by atoms with Crippen LogP contribution in [0.2, 0.25) is 0 Å². The van der Waals surface area contributed by atoms with E-state index in [4.69, 9.17) is 10.5 Å². The number of amides is 2. The molecule has 134 valence electrons. The maximum absolute atomic E-state index is 12.1. The normalized spacial score (nSPS) is 10.5. The van der Waals surface area contributed by atoms with E-state index in [-0.39, 0.29) is 24.7 Å². The van der Waals surface area contributed by atoms with Crippen LogP contribution in [0.5, 0.6) is 0 Å².